The molecule has 17 heavy (non-hydrogen) atoms. The van der Waals surface area contributed by atoms with Crippen LogP contribution in [0.15, 0.2) is 11.6 Å². The van der Waals surface area contributed by atoms with Crippen molar-refractivity contribution in [3.05, 3.63) is 11.6 Å². The summed E-state index contributed by atoms with van der Waals surface area (Å²) in [5.41, 5.74) is 1.33. The Bertz CT molecular complexity index is 280. The van der Waals surface area contributed by atoms with Crippen molar-refractivity contribution in [3.8, 4) is 0 Å². The maximum absolute atomic E-state index is 11.1. The molecule has 4 nitrogen and oxygen atoms in total. The van der Waals surface area contributed by atoms with Crippen LogP contribution in [0.4, 0.5) is 0 Å². The van der Waals surface area contributed by atoms with Crippen molar-refractivity contribution in [2.75, 3.05) is 13.7 Å². The lowest BCUT2D eigenvalue weighted by Gasteiger charge is -2.10. The second-order valence-electron chi connectivity index (χ2n) is 4.50. The lowest BCUT2D eigenvalue weighted by Crippen LogP contribution is -2.33. The van der Waals surface area contributed by atoms with E-state index in [-0.39, 0.29) is 0 Å². The van der Waals surface area contributed by atoms with Gasteiger partial charge in [0.1, 0.15) is 0 Å². The molecular weight excluding hydrogens is 218 g/mol. The standard InChI is InChI=1S/C13H23NO3/c1-10(2)6-5-7-11(3)8-9-14-12(15)13(16)17-4/h6,11H,5,7-9H2,1-4H3,(H,14,15). The molecule has 0 saturated heterocycles. The van der Waals surface area contributed by atoms with Crippen LogP contribution in [0.5, 0.6) is 0 Å². The fourth-order valence-electron chi connectivity index (χ4n) is 1.40. The van der Waals surface area contributed by atoms with Crippen molar-refractivity contribution >= 4 is 11.9 Å². The normalized spacial score (nSPS) is 11.5. The zero-order valence-corrected chi connectivity index (χ0v) is 11.2. The maximum atomic E-state index is 11.1. The first-order valence-electron chi connectivity index (χ1n) is 5.96. The molecule has 0 heterocycles. The third-order valence-corrected chi connectivity index (χ3v) is 2.51. The number of ether oxygens (including phenoxy) is 1. The average molecular weight is 241 g/mol. The van der Waals surface area contributed by atoms with E-state index in [0.717, 1.165) is 19.3 Å². The number of allylic oxidation sites excluding steroid dienone is 2. The van der Waals surface area contributed by atoms with Crippen molar-refractivity contribution in [2.45, 2.75) is 40.0 Å². The van der Waals surface area contributed by atoms with Crippen LogP contribution in [0.3, 0.4) is 0 Å². The van der Waals surface area contributed by atoms with Crippen molar-refractivity contribution in [1.82, 2.24) is 5.32 Å². The van der Waals surface area contributed by atoms with Gasteiger partial charge < -0.3 is 10.1 Å². The highest BCUT2D eigenvalue weighted by Gasteiger charge is 2.12. The first-order chi connectivity index (χ1) is 7.97. The zero-order valence-electron chi connectivity index (χ0n) is 11.2. The molecule has 0 aliphatic rings. The minimum Gasteiger partial charge on any atom is -0.462 e. The predicted molar refractivity (Wildman–Crippen MR) is 67.5 cm³/mol. The second-order valence-corrected chi connectivity index (χ2v) is 4.50. The summed E-state index contributed by atoms with van der Waals surface area (Å²) < 4.78 is 4.30. The number of carbonyl (C=O) groups is 2. The van der Waals surface area contributed by atoms with Gasteiger partial charge in [0.25, 0.3) is 0 Å². The van der Waals surface area contributed by atoms with Crippen LogP contribution in [0.2, 0.25) is 0 Å². The molecule has 1 unspecified atom stereocenters. The average Bonchev–Trinajstić information content (AvgIpc) is 2.27. The highest BCUT2D eigenvalue weighted by Crippen LogP contribution is 2.10. The van der Waals surface area contributed by atoms with E-state index in [1.165, 1.54) is 12.7 Å². The summed E-state index contributed by atoms with van der Waals surface area (Å²) in [6.07, 6.45) is 5.25. The van der Waals surface area contributed by atoms with Crippen LogP contribution in [0.1, 0.15) is 40.0 Å². The van der Waals surface area contributed by atoms with E-state index >= 15 is 0 Å². The lowest BCUT2D eigenvalue weighted by molar-refractivity contribution is -0.152. The Morgan fingerprint density at radius 3 is 2.47 bits per heavy atom. The number of hydrogen-bond acceptors (Lipinski definition) is 3. The van der Waals surface area contributed by atoms with Gasteiger partial charge in [-0.25, -0.2) is 4.79 Å². The quantitative estimate of drug-likeness (QED) is 0.440. The van der Waals surface area contributed by atoms with Gasteiger partial charge in [-0.05, 0) is 39.0 Å². The highest BCUT2D eigenvalue weighted by molar-refractivity contribution is 6.32. The van der Waals surface area contributed by atoms with Gasteiger partial charge in [-0.15, -0.1) is 0 Å². The number of methoxy groups -OCH3 is 1. The third kappa shape index (κ3) is 8.48. The Balaban J connectivity index is 3.64. The van der Waals surface area contributed by atoms with Gasteiger partial charge in [0.15, 0.2) is 0 Å². The van der Waals surface area contributed by atoms with Crippen molar-refractivity contribution < 1.29 is 14.3 Å². The Kier molecular flexibility index (Phi) is 8.11. The van der Waals surface area contributed by atoms with Crippen LogP contribution >= 0.6 is 0 Å². The molecule has 0 fully saturated rings. The summed E-state index contributed by atoms with van der Waals surface area (Å²) in [4.78, 5) is 21.9. The summed E-state index contributed by atoms with van der Waals surface area (Å²) in [7, 11) is 1.20. The number of nitrogens with one attached hydrogen (secondary N) is 1. The van der Waals surface area contributed by atoms with E-state index in [9.17, 15) is 9.59 Å². The molecule has 0 radical (unpaired) electrons. The minimum atomic E-state index is -0.831. The SMILES string of the molecule is COC(=O)C(=O)NCCC(C)CCC=C(C)C. The number of amides is 1. The molecule has 0 saturated carbocycles. The Labute approximate surface area is 103 Å². The summed E-state index contributed by atoms with van der Waals surface area (Å²) in [5.74, 6) is -0.963. The topological polar surface area (TPSA) is 55.4 Å². The summed E-state index contributed by atoms with van der Waals surface area (Å²) in [6, 6.07) is 0. The predicted octanol–water partition coefficient (Wildman–Crippen LogP) is 2.05. The van der Waals surface area contributed by atoms with Gasteiger partial charge >= 0.3 is 11.9 Å². The van der Waals surface area contributed by atoms with Gasteiger partial charge in [0.05, 0.1) is 7.11 Å². The largest absolute Gasteiger partial charge is 0.462 e. The molecule has 0 rings (SSSR count). The monoisotopic (exact) mass is 241 g/mol. The van der Waals surface area contributed by atoms with Crippen molar-refractivity contribution in [3.63, 3.8) is 0 Å². The molecule has 0 aromatic heterocycles. The number of carbonyl (C=O) groups excluding carboxylic acids is 2. The first-order valence-corrected chi connectivity index (χ1v) is 5.96. The first kappa shape index (κ1) is 15.7. The molecule has 1 N–H and O–H groups in total. The van der Waals surface area contributed by atoms with Crippen molar-refractivity contribution in [2.24, 2.45) is 5.92 Å². The number of esters is 1. The number of hydrogen-bond donors (Lipinski definition) is 1. The van der Waals surface area contributed by atoms with Crippen LogP contribution in [0, 0.1) is 5.92 Å². The minimum absolute atomic E-state index is 0.518. The highest BCUT2D eigenvalue weighted by atomic mass is 16.5. The Morgan fingerprint density at radius 2 is 1.94 bits per heavy atom. The van der Waals surface area contributed by atoms with E-state index in [1.54, 1.807) is 0 Å². The van der Waals surface area contributed by atoms with Crippen LogP contribution in [-0.4, -0.2) is 25.5 Å². The fraction of sp³-hybridized carbons (Fsp3) is 0.692. The van der Waals surface area contributed by atoms with E-state index in [0.29, 0.717) is 12.5 Å². The molecule has 0 aliphatic carbocycles. The van der Waals surface area contributed by atoms with E-state index in [2.05, 4.69) is 36.9 Å². The second kappa shape index (κ2) is 8.79. The Morgan fingerprint density at radius 1 is 1.29 bits per heavy atom. The van der Waals surface area contributed by atoms with Gasteiger partial charge in [-0.3, -0.25) is 4.79 Å². The molecule has 1 amide bonds. The molecule has 98 valence electrons. The number of rotatable bonds is 6. The van der Waals surface area contributed by atoms with Crippen LogP contribution in [0.25, 0.3) is 0 Å². The lowest BCUT2D eigenvalue weighted by atomic mass is 10.0. The van der Waals surface area contributed by atoms with Crippen LogP contribution in [-0.2, 0) is 14.3 Å². The van der Waals surface area contributed by atoms with E-state index in [1.807, 2.05) is 0 Å². The molecule has 0 aliphatic heterocycles. The Hall–Kier alpha value is -1.32. The van der Waals surface area contributed by atoms with Crippen molar-refractivity contribution in [1.29, 1.82) is 0 Å². The summed E-state index contributed by atoms with van der Waals surface area (Å²) >= 11 is 0. The van der Waals surface area contributed by atoms with E-state index < -0.39 is 11.9 Å². The molecule has 4 heteroatoms. The molecule has 0 aromatic rings. The molecular formula is C13H23NO3. The zero-order chi connectivity index (χ0) is 13.3. The summed E-state index contributed by atoms with van der Waals surface area (Å²) in [6.45, 7) is 6.83. The van der Waals surface area contributed by atoms with Gasteiger partial charge in [0.2, 0.25) is 0 Å². The summed E-state index contributed by atoms with van der Waals surface area (Å²) in [5, 5.41) is 2.53. The van der Waals surface area contributed by atoms with Gasteiger partial charge in [-0.1, -0.05) is 18.6 Å². The molecule has 0 bridgehead atoms. The maximum Gasteiger partial charge on any atom is 0.396 e. The smallest absolute Gasteiger partial charge is 0.396 e. The third-order valence-electron chi connectivity index (χ3n) is 2.51. The van der Waals surface area contributed by atoms with Gasteiger partial charge in [0, 0.05) is 6.54 Å². The van der Waals surface area contributed by atoms with E-state index in [4.69, 9.17) is 0 Å². The fourth-order valence-corrected chi connectivity index (χ4v) is 1.40. The molecule has 0 aromatic carbocycles. The molecule has 0 spiro atoms. The van der Waals surface area contributed by atoms with Gasteiger partial charge in [-0.2, -0.15) is 0 Å². The molecule has 1 atom stereocenters. The van der Waals surface area contributed by atoms with Crippen LogP contribution < -0.4 is 5.32 Å².